The average molecular weight is 970 g/mol. The summed E-state index contributed by atoms with van der Waals surface area (Å²) in [4.78, 5) is 16.3. The maximum atomic E-state index is 11.0. The molecule has 6 heteroatoms. The second-order valence-electron chi connectivity index (χ2n) is 16.5. The summed E-state index contributed by atoms with van der Waals surface area (Å²) in [7, 11) is 0. The van der Waals surface area contributed by atoms with E-state index in [0.29, 0.717) is 0 Å². The van der Waals surface area contributed by atoms with Crippen LogP contribution in [-0.4, -0.2) is 20.4 Å². The van der Waals surface area contributed by atoms with E-state index in [9.17, 15) is 9.90 Å². The van der Waals surface area contributed by atoms with E-state index in [1.165, 1.54) is 45.1 Å². The van der Waals surface area contributed by atoms with Gasteiger partial charge in [-0.2, -0.15) is 0 Å². The van der Waals surface area contributed by atoms with Crippen LogP contribution in [0.2, 0.25) is 0 Å². The van der Waals surface area contributed by atoms with Crippen molar-refractivity contribution in [3.8, 4) is 50.5 Å². The Hall–Kier alpha value is -5.81. The van der Waals surface area contributed by atoms with Crippen LogP contribution >= 0.6 is 0 Å². The number of furan rings is 1. The average Bonchev–Trinajstić information content (AvgIpc) is 3.85. The summed E-state index contributed by atoms with van der Waals surface area (Å²) in [6.07, 6.45) is 4.60. The van der Waals surface area contributed by atoms with Gasteiger partial charge in [-0.15, -0.1) is 0 Å². The summed E-state index contributed by atoms with van der Waals surface area (Å²) in [6.45, 7) is 16.4. The molecule has 5 nitrogen and oxygen atoms in total. The number of aliphatic hydroxyl groups is 1. The van der Waals surface area contributed by atoms with Crippen molar-refractivity contribution in [1.82, 2.24) is 9.55 Å². The van der Waals surface area contributed by atoms with E-state index in [4.69, 9.17) is 9.40 Å². The number of aliphatic hydroxyl groups excluding tert-OH is 1. The number of nitrogens with zero attached hydrogens (tertiary/aromatic N) is 2. The van der Waals surface area contributed by atoms with Crippen molar-refractivity contribution in [1.29, 1.82) is 0 Å². The van der Waals surface area contributed by atoms with E-state index >= 15 is 0 Å². The first kappa shape index (κ1) is 43.8. The standard InChI is InChI=1S/C45H37N2O.C9H16O2.Ir/c1-29(2)37-26-36(32-15-9-6-10-16-32)27-38(30(3)4)44(37)47-42-18-12-11-17-41(42)46-45(47)40-28-48-43-24-23-35(25-39(40)43)34-21-19-33(20-22-34)31-13-7-5-8-14-31;1-6(2)8(10)5-9(11)7(3)4;/h5-27,29-30H,1-4H3;5-7,10H,1-4H3;/q-1;;/b;8-5-;. The molecule has 0 aliphatic heterocycles. The number of hydrogen-bond donors (Lipinski definition) is 1. The maximum absolute atomic E-state index is 11.0. The van der Waals surface area contributed by atoms with Crippen LogP contribution < -0.4 is 0 Å². The molecular weight excluding hydrogens is 917 g/mol. The van der Waals surface area contributed by atoms with Crippen LogP contribution in [0.1, 0.15) is 78.4 Å². The second-order valence-corrected chi connectivity index (χ2v) is 16.5. The molecule has 0 amide bonds. The summed E-state index contributed by atoms with van der Waals surface area (Å²) < 4.78 is 8.47. The molecule has 0 saturated carbocycles. The number of rotatable bonds is 10. The first-order valence-corrected chi connectivity index (χ1v) is 20.7. The number of ketones is 1. The van der Waals surface area contributed by atoms with Gasteiger partial charge in [0.1, 0.15) is 0 Å². The molecule has 2 aromatic heterocycles. The number of allylic oxidation sites excluding steroid dienone is 2. The summed E-state index contributed by atoms with van der Waals surface area (Å²) >= 11 is 0. The first-order valence-electron chi connectivity index (χ1n) is 20.7. The predicted molar refractivity (Wildman–Crippen MR) is 245 cm³/mol. The third-order valence-electron chi connectivity index (χ3n) is 10.8. The second kappa shape index (κ2) is 19.1. The summed E-state index contributed by atoms with van der Waals surface area (Å²) in [6, 6.07) is 49.5. The first-order chi connectivity index (χ1) is 28.4. The van der Waals surface area contributed by atoms with Gasteiger partial charge in [0, 0.05) is 55.6 Å². The van der Waals surface area contributed by atoms with Crippen LogP contribution in [0.15, 0.2) is 156 Å². The van der Waals surface area contributed by atoms with Crippen molar-refractivity contribution in [2.45, 2.75) is 67.2 Å². The Morgan fingerprint density at radius 3 is 1.67 bits per heavy atom. The number of hydrogen-bond acceptors (Lipinski definition) is 4. The van der Waals surface area contributed by atoms with E-state index in [0.717, 1.165) is 44.5 Å². The van der Waals surface area contributed by atoms with Crippen LogP contribution in [-0.2, 0) is 24.9 Å². The minimum atomic E-state index is -0.0316. The molecule has 8 rings (SSSR count). The van der Waals surface area contributed by atoms with Crippen molar-refractivity contribution < 1.29 is 34.4 Å². The maximum Gasteiger partial charge on any atom is 0.161 e. The zero-order valence-corrected chi connectivity index (χ0v) is 38.1. The topological polar surface area (TPSA) is 68.3 Å². The van der Waals surface area contributed by atoms with Crippen LogP contribution in [0.25, 0.3) is 72.5 Å². The minimum Gasteiger partial charge on any atom is -0.557 e. The molecule has 0 bridgehead atoms. The molecule has 0 atom stereocenters. The Kier molecular flexibility index (Phi) is 13.9. The molecule has 8 aromatic rings. The fourth-order valence-electron chi connectivity index (χ4n) is 7.32. The SMILES string of the molecule is CC(C)C(=O)/C=C(\O)C(C)C.CC(C)c1cc(-c2ccccc2)cc(C(C)C)c1-n1c(-c2[c-]oc3ccc(-c4ccc(-c5ccccc5)cc4)cc23)nc2ccccc21.[Ir]. The molecule has 60 heavy (non-hydrogen) atoms. The zero-order chi connectivity index (χ0) is 41.8. The van der Waals surface area contributed by atoms with E-state index < -0.39 is 0 Å². The molecule has 0 unspecified atom stereocenters. The van der Waals surface area contributed by atoms with Gasteiger partial charge in [0.05, 0.1) is 22.6 Å². The third-order valence-corrected chi connectivity index (χ3v) is 10.8. The van der Waals surface area contributed by atoms with E-state index in [1.54, 1.807) is 0 Å². The van der Waals surface area contributed by atoms with Crippen molar-refractivity contribution in [2.24, 2.45) is 11.8 Å². The number of fused-ring (bicyclic) bond motifs is 2. The smallest absolute Gasteiger partial charge is 0.161 e. The minimum absolute atomic E-state index is 0. The zero-order valence-electron chi connectivity index (χ0n) is 35.7. The Labute approximate surface area is 368 Å². The molecule has 2 heterocycles. The van der Waals surface area contributed by atoms with Gasteiger partial charge in [0.2, 0.25) is 0 Å². The molecule has 1 N–H and O–H groups in total. The molecule has 307 valence electrons. The van der Waals surface area contributed by atoms with Crippen LogP contribution in [0, 0.1) is 18.1 Å². The molecule has 0 fully saturated rings. The van der Waals surface area contributed by atoms with Gasteiger partial charge in [-0.05, 0) is 80.6 Å². The summed E-state index contributed by atoms with van der Waals surface area (Å²) in [5.74, 6) is 1.56. The molecule has 0 aliphatic carbocycles. The van der Waals surface area contributed by atoms with Crippen LogP contribution in [0.3, 0.4) is 0 Å². The fourth-order valence-corrected chi connectivity index (χ4v) is 7.32. The van der Waals surface area contributed by atoms with Gasteiger partial charge in [-0.1, -0.05) is 182 Å². The molecule has 1 radical (unpaired) electrons. The van der Waals surface area contributed by atoms with Crippen LogP contribution in [0.5, 0.6) is 0 Å². The Bertz CT molecular complexity index is 2710. The number of aromatic nitrogens is 2. The Morgan fingerprint density at radius 2 is 1.12 bits per heavy atom. The fraction of sp³-hybridized carbons (Fsp3) is 0.222. The predicted octanol–water partition coefficient (Wildman–Crippen LogP) is 14.8. The molecular formula is C54H53IrN2O3-. The van der Waals surface area contributed by atoms with Gasteiger partial charge < -0.3 is 14.1 Å². The largest absolute Gasteiger partial charge is 0.557 e. The summed E-state index contributed by atoms with van der Waals surface area (Å²) in [5, 5.41) is 10.2. The number of carbonyl (C=O) groups is 1. The van der Waals surface area contributed by atoms with Gasteiger partial charge >= 0.3 is 0 Å². The molecule has 0 spiro atoms. The Morgan fingerprint density at radius 1 is 0.617 bits per heavy atom. The van der Waals surface area contributed by atoms with Crippen molar-refractivity contribution >= 4 is 27.8 Å². The number of imidazole rings is 1. The molecule has 0 aliphatic rings. The van der Waals surface area contributed by atoms with Crippen molar-refractivity contribution in [2.75, 3.05) is 0 Å². The van der Waals surface area contributed by atoms with Gasteiger partial charge in [-0.3, -0.25) is 9.78 Å². The van der Waals surface area contributed by atoms with Crippen LogP contribution in [0.4, 0.5) is 0 Å². The monoisotopic (exact) mass is 970 g/mol. The Balaban J connectivity index is 0.000000445. The molecule has 6 aromatic carbocycles. The van der Waals surface area contributed by atoms with Crippen molar-refractivity contribution in [3.63, 3.8) is 0 Å². The van der Waals surface area contributed by atoms with Crippen molar-refractivity contribution in [3.05, 3.63) is 169 Å². The third kappa shape index (κ3) is 9.31. The van der Waals surface area contributed by atoms with E-state index in [2.05, 4.69) is 172 Å². The molecule has 0 saturated heterocycles. The van der Waals surface area contributed by atoms with Gasteiger partial charge in [-0.25, -0.2) is 0 Å². The van der Waals surface area contributed by atoms with E-state index in [1.807, 2.05) is 33.8 Å². The number of carbonyl (C=O) groups excluding carboxylic acids is 1. The number of benzene rings is 6. The summed E-state index contributed by atoms with van der Waals surface area (Å²) in [5.41, 5.74) is 14.6. The van der Waals surface area contributed by atoms with Gasteiger partial charge in [0.25, 0.3) is 0 Å². The van der Waals surface area contributed by atoms with E-state index in [-0.39, 0.29) is 55.3 Å². The number of para-hydroxylation sites is 2. The quantitative estimate of drug-likeness (QED) is 0.0842. The normalized spacial score (nSPS) is 11.7. The van der Waals surface area contributed by atoms with Gasteiger partial charge in [0.15, 0.2) is 5.78 Å².